The Morgan fingerprint density at radius 2 is 1.42 bits per heavy atom. The Hall–Kier alpha value is -3.42. The van der Waals surface area contributed by atoms with Gasteiger partial charge < -0.3 is 20.4 Å². The maximum absolute atomic E-state index is 11.6. The molecule has 124 valence electrons. The summed E-state index contributed by atoms with van der Waals surface area (Å²) in [6, 6.07) is 5.05. The minimum absolute atomic E-state index is 0.0354. The maximum Gasteiger partial charge on any atom is 0.335 e. The van der Waals surface area contributed by atoms with E-state index in [1.165, 1.54) is 36.4 Å². The van der Waals surface area contributed by atoms with Crippen LogP contribution >= 0.6 is 0 Å². The summed E-state index contributed by atoms with van der Waals surface area (Å²) < 4.78 is 0. The number of aromatic carboxylic acids is 1. The molecule has 0 aromatic heterocycles. The first-order valence-corrected chi connectivity index (χ1v) is 6.64. The summed E-state index contributed by atoms with van der Waals surface area (Å²) >= 11 is 0. The molecule has 0 heterocycles. The molecule has 2 rings (SSSR count). The molecule has 0 spiro atoms. The van der Waals surface area contributed by atoms with Gasteiger partial charge in [0.25, 0.3) is 0 Å². The molecular weight excluding hydrogens is 320 g/mol. The highest BCUT2D eigenvalue weighted by atomic mass is 16.4. The third-order valence-electron chi connectivity index (χ3n) is 3.82. The van der Waals surface area contributed by atoms with Gasteiger partial charge in [-0.1, -0.05) is 30.4 Å². The van der Waals surface area contributed by atoms with E-state index in [4.69, 9.17) is 5.11 Å². The number of carbonyl (C=O) groups is 4. The number of carboxylic acids is 4. The fourth-order valence-electron chi connectivity index (χ4n) is 2.62. The lowest BCUT2D eigenvalue weighted by Crippen LogP contribution is -2.48. The summed E-state index contributed by atoms with van der Waals surface area (Å²) in [4.78, 5) is 45.6. The van der Waals surface area contributed by atoms with Gasteiger partial charge in [0.05, 0.1) is 5.56 Å². The third kappa shape index (κ3) is 2.54. The Balaban J connectivity index is 2.61. The quantitative estimate of drug-likeness (QED) is 0.587. The number of carboxylic acid groups (broad SMARTS) is 4. The van der Waals surface area contributed by atoms with Gasteiger partial charge in [0.2, 0.25) is 0 Å². The van der Waals surface area contributed by atoms with Gasteiger partial charge in [0, 0.05) is 0 Å². The number of aliphatic carboxylic acids is 3. The second kappa shape index (κ2) is 5.99. The van der Waals surface area contributed by atoms with E-state index in [2.05, 4.69) is 0 Å². The van der Waals surface area contributed by atoms with Crippen LogP contribution in [0.1, 0.15) is 15.9 Å². The van der Waals surface area contributed by atoms with Crippen molar-refractivity contribution in [3.63, 3.8) is 0 Å². The first-order valence-electron chi connectivity index (χ1n) is 6.64. The monoisotopic (exact) mass is 332 g/mol. The third-order valence-corrected chi connectivity index (χ3v) is 3.82. The van der Waals surface area contributed by atoms with Crippen LogP contribution in [0, 0.1) is 11.3 Å². The van der Waals surface area contributed by atoms with E-state index < -0.39 is 35.2 Å². The van der Waals surface area contributed by atoms with Crippen LogP contribution in [0.3, 0.4) is 0 Å². The molecular formula is C16H12O8. The molecule has 1 atom stereocenters. The van der Waals surface area contributed by atoms with Crippen molar-refractivity contribution in [2.24, 2.45) is 11.3 Å². The number of hydrogen-bond donors (Lipinski definition) is 4. The van der Waals surface area contributed by atoms with E-state index in [1.54, 1.807) is 0 Å². The molecule has 1 aliphatic rings. The summed E-state index contributed by atoms with van der Waals surface area (Å²) in [5, 5.41) is 37.0. The lowest BCUT2D eigenvalue weighted by Gasteiger charge is -2.32. The Bertz CT molecular complexity index is 771. The molecule has 8 nitrogen and oxygen atoms in total. The molecule has 0 saturated heterocycles. The first kappa shape index (κ1) is 16.9. The Morgan fingerprint density at radius 3 is 1.83 bits per heavy atom. The zero-order valence-corrected chi connectivity index (χ0v) is 12.0. The lowest BCUT2D eigenvalue weighted by atomic mass is 9.67. The summed E-state index contributed by atoms with van der Waals surface area (Å²) in [5.74, 6) is -8.26. The minimum atomic E-state index is -2.65. The lowest BCUT2D eigenvalue weighted by molar-refractivity contribution is -0.168. The Labute approximate surface area is 135 Å². The van der Waals surface area contributed by atoms with Crippen molar-refractivity contribution in [1.82, 2.24) is 0 Å². The van der Waals surface area contributed by atoms with E-state index in [-0.39, 0.29) is 16.7 Å². The molecule has 0 amide bonds. The Morgan fingerprint density at radius 1 is 0.875 bits per heavy atom. The minimum Gasteiger partial charge on any atom is -0.481 e. The number of benzene rings is 1. The van der Waals surface area contributed by atoms with E-state index in [0.29, 0.717) is 0 Å². The molecule has 0 fully saturated rings. The van der Waals surface area contributed by atoms with Gasteiger partial charge in [-0.15, -0.1) is 0 Å². The molecule has 0 saturated carbocycles. The first-order chi connectivity index (χ1) is 11.2. The van der Waals surface area contributed by atoms with E-state index in [0.717, 1.165) is 6.08 Å². The van der Waals surface area contributed by atoms with Crippen LogP contribution in [-0.4, -0.2) is 44.3 Å². The van der Waals surface area contributed by atoms with Crippen molar-refractivity contribution in [1.29, 1.82) is 0 Å². The van der Waals surface area contributed by atoms with Crippen LogP contribution in [-0.2, 0) is 14.4 Å². The SMILES string of the molecule is O=C(O)c1ccc(C2=CC=CC(C(=O)O)(C(=O)O)C2C(=O)O)cc1. The summed E-state index contributed by atoms with van der Waals surface area (Å²) in [6.45, 7) is 0. The largest absolute Gasteiger partial charge is 0.481 e. The van der Waals surface area contributed by atoms with Crippen LogP contribution in [0.15, 0.2) is 42.5 Å². The highest BCUT2D eigenvalue weighted by molar-refractivity contribution is 6.09. The van der Waals surface area contributed by atoms with Crippen LogP contribution < -0.4 is 0 Å². The van der Waals surface area contributed by atoms with Crippen molar-refractivity contribution in [3.05, 3.63) is 53.6 Å². The van der Waals surface area contributed by atoms with Gasteiger partial charge >= 0.3 is 23.9 Å². The zero-order valence-electron chi connectivity index (χ0n) is 12.0. The molecule has 1 aromatic carbocycles. The maximum atomic E-state index is 11.6. The van der Waals surface area contributed by atoms with Crippen molar-refractivity contribution >= 4 is 29.5 Å². The number of allylic oxidation sites excluding steroid dienone is 2. The van der Waals surface area contributed by atoms with Crippen LogP contribution in [0.5, 0.6) is 0 Å². The standard InChI is InChI=1S/C16H12O8/c17-12(18)9-5-3-8(4-6-9)10-2-1-7-16(14(21)22,15(23)24)11(10)13(19)20/h1-7,11H,(H,17,18)(H,19,20)(H,21,22)(H,23,24). The fraction of sp³-hybridized carbons (Fsp3) is 0.125. The van der Waals surface area contributed by atoms with E-state index >= 15 is 0 Å². The molecule has 1 unspecified atom stereocenters. The molecule has 8 heteroatoms. The second-order valence-electron chi connectivity index (χ2n) is 5.11. The smallest absolute Gasteiger partial charge is 0.335 e. The van der Waals surface area contributed by atoms with Crippen LogP contribution in [0.2, 0.25) is 0 Å². The zero-order chi connectivity index (χ0) is 18.1. The van der Waals surface area contributed by atoms with Gasteiger partial charge in [-0.05, 0) is 23.3 Å². The highest BCUT2D eigenvalue weighted by Gasteiger charge is 2.57. The molecule has 0 bridgehead atoms. The summed E-state index contributed by atoms with van der Waals surface area (Å²) in [5.41, 5.74) is -2.50. The summed E-state index contributed by atoms with van der Waals surface area (Å²) in [6.07, 6.45) is 3.30. The van der Waals surface area contributed by atoms with E-state index in [9.17, 15) is 34.5 Å². The molecule has 24 heavy (non-hydrogen) atoms. The molecule has 1 aromatic rings. The van der Waals surface area contributed by atoms with Crippen molar-refractivity contribution in [3.8, 4) is 0 Å². The summed E-state index contributed by atoms with van der Waals surface area (Å²) in [7, 11) is 0. The van der Waals surface area contributed by atoms with Gasteiger partial charge in [-0.25, -0.2) is 4.79 Å². The number of rotatable bonds is 5. The fourth-order valence-corrected chi connectivity index (χ4v) is 2.62. The topological polar surface area (TPSA) is 149 Å². The van der Waals surface area contributed by atoms with Gasteiger partial charge in [0.1, 0.15) is 5.92 Å². The van der Waals surface area contributed by atoms with Gasteiger partial charge in [-0.2, -0.15) is 0 Å². The molecule has 0 aliphatic heterocycles. The van der Waals surface area contributed by atoms with Crippen molar-refractivity contribution < 1.29 is 39.6 Å². The van der Waals surface area contributed by atoms with Crippen LogP contribution in [0.25, 0.3) is 5.57 Å². The van der Waals surface area contributed by atoms with Crippen molar-refractivity contribution in [2.45, 2.75) is 0 Å². The average molecular weight is 332 g/mol. The predicted octanol–water partition coefficient (Wildman–Crippen LogP) is 1.19. The molecule has 4 N–H and O–H groups in total. The molecule has 1 aliphatic carbocycles. The average Bonchev–Trinajstić information content (AvgIpc) is 2.53. The second-order valence-corrected chi connectivity index (χ2v) is 5.11. The highest BCUT2D eigenvalue weighted by Crippen LogP contribution is 2.43. The Kier molecular flexibility index (Phi) is 4.23. The predicted molar refractivity (Wildman–Crippen MR) is 79.3 cm³/mol. The number of hydrogen-bond acceptors (Lipinski definition) is 4. The van der Waals surface area contributed by atoms with Gasteiger partial charge in [-0.3, -0.25) is 14.4 Å². The molecule has 0 radical (unpaired) electrons. The normalized spacial score (nSPS) is 18.5. The van der Waals surface area contributed by atoms with Crippen LogP contribution in [0.4, 0.5) is 0 Å². The van der Waals surface area contributed by atoms with Gasteiger partial charge in [0.15, 0.2) is 5.41 Å². The van der Waals surface area contributed by atoms with Crippen molar-refractivity contribution in [2.75, 3.05) is 0 Å². The van der Waals surface area contributed by atoms with E-state index in [1.807, 2.05) is 0 Å².